The van der Waals surface area contributed by atoms with Crippen LogP contribution >= 0.6 is 0 Å². The molecule has 7 heteroatoms. The van der Waals surface area contributed by atoms with E-state index in [-0.39, 0.29) is 17.8 Å². The van der Waals surface area contributed by atoms with E-state index < -0.39 is 17.3 Å². The van der Waals surface area contributed by atoms with Crippen LogP contribution in [0.5, 0.6) is 0 Å². The average molecular weight is 283 g/mol. The van der Waals surface area contributed by atoms with Gasteiger partial charge in [0, 0.05) is 11.8 Å². The first-order valence-corrected chi connectivity index (χ1v) is 5.78. The van der Waals surface area contributed by atoms with Gasteiger partial charge >= 0.3 is 6.18 Å². The average Bonchev–Trinajstić information content (AvgIpc) is 2.34. The number of aryl methyl sites for hydroxylation is 1. The summed E-state index contributed by atoms with van der Waals surface area (Å²) in [6, 6.07) is 6.26. The third kappa shape index (κ3) is 2.98. The largest absolute Gasteiger partial charge is 0.416 e. The van der Waals surface area contributed by atoms with E-state index in [2.05, 4.69) is 5.10 Å². The Bertz CT molecular complexity index is 692. The highest BCUT2D eigenvalue weighted by Crippen LogP contribution is 2.33. The van der Waals surface area contributed by atoms with Gasteiger partial charge in [-0.15, -0.1) is 0 Å². The molecule has 1 aromatic heterocycles. The van der Waals surface area contributed by atoms with Crippen molar-refractivity contribution in [1.29, 1.82) is 0 Å². The Morgan fingerprint density at radius 2 is 1.95 bits per heavy atom. The lowest BCUT2D eigenvalue weighted by Gasteiger charge is -2.14. The number of benzene rings is 1. The fourth-order valence-electron chi connectivity index (χ4n) is 1.82. The lowest BCUT2D eigenvalue weighted by molar-refractivity contribution is -0.138. The van der Waals surface area contributed by atoms with Gasteiger partial charge in [-0.2, -0.15) is 18.3 Å². The van der Waals surface area contributed by atoms with Crippen LogP contribution in [0.1, 0.15) is 16.8 Å². The van der Waals surface area contributed by atoms with Gasteiger partial charge < -0.3 is 5.73 Å². The van der Waals surface area contributed by atoms with Crippen LogP contribution in [0, 0.1) is 6.92 Å². The number of hydrogen-bond donors (Lipinski definition) is 1. The van der Waals surface area contributed by atoms with E-state index in [1.807, 2.05) is 0 Å². The predicted molar refractivity (Wildman–Crippen MR) is 68.2 cm³/mol. The number of rotatable bonds is 2. The lowest BCUT2D eigenvalue weighted by atomic mass is 10.1. The first-order valence-electron chi connectivity index (χ1n) is 5.78. The fraction of sp³-hybridized carbons (Fsp3) is 0.231. The summed E-state index contributed by atoms with van der Waals surface area (Å²) in [4.78, 5) is 11.6. The first kappa shape index (κ1) is 14.1. The van der Waals surface area contributed by atoms with Crippen LogP contribution in [0.4, 0.5) is 18.9 Å². The molecule has 1 heterocycles. The second kappa shape index (κ2) is 4.99. The van der Waals surface area contributed by atoms with Crippen LogP contribution in [0.15, 0.2) is 35.1 Å². The number of nitrogens with zero attached hydrogens (tertiary/aromatic N) is 2. The first-order chi connectivity index (χ1) is 9.27. The Balaban J connectivity index is 2.49. The molecule has 0 fully saturated rings. The number of nitrogen functional groups attached to an aromatic ring is 1. The normalized spacial score (nSPS) is 11.6. The standard InChI is InChI=1S/C13H12F3N3O/c1-8-2-5-12(20)19(18-8)7-9-3-4-10(17)6-11(9)13(14,15)16/h2-6H,7,17H2,1H3. The van der Waals surface area contributed by atoms with Gasteiger partial charge in [0.25, 0.3) is 5.56 Å². The third-order valence-corrected chi connectivity index (χ3v) is 2.76. The highest BCUT2D eigenvalue weighted by Gasteiger charge is 2.33. The second-order valence-corrected chi connectivity index (χ2v) is 4.38. The minimum absolute atomic E-state index is 0.0191. The zero-order valence-corrected chi connectivity index (χ0v) is 10.6. The summed E-state index contributed by atoms with van der Waals surface area (Å²) < 4.78 is 39.8. The SMILES string of the molecule is Cc1ccc(=O)n(Cc2ccc(N)cc2C(F)(F)F)n1. The Hall–Kier alpha value is -2.31. The van der Waals surface area contributed by atoms with Gasteiger partial charge in [-0.05, 0) is 30.7 Å². The molecule has 4 nitrogen and oxygen atoms in total. The molecular weight excluding hydrogens is 271 g/mol. The molecule has 0 saturated carbocycles. The molecule has 0 spiro atoms. The molecule has 0 bridgehead atoms. The molecule has 2 aromatic rings. The molecule has 0 unspecified atom stereocenters. The van der Waals surface area contributed by atoms with Crippen molar-refractivity contribution in [3.05, 3.63) is 57.5 Å². The van der Waals surface area contributed by atoms with Crippen molar-refractivity contribution in [3.63, 3.8) is 0 Å². The van der Waals surface area contributed by atoms with Crippen molar-refractivity contribution in [2.75, 3.05) is 5.73 Å². The van der Waals surface area contributed by atoms with E-state index in [1.165, 1.54) is 24.3 Å². The third-order valence-electron chi connectivity index (χ3n) is 2.76. The number of nitrogens with two attached hydrogens (primary N) is 1. The molecule has 0 aliphatic rings. The number of aromatic nitrogens is 2. The van der Waals surface area contributed by atoms with E-state index in [9.17, 15) is 18.0 Å². The molecule has 20 heavy (non-hydrogen) atoms. The smallest absolute Gasteiger partial charge is 0.399 e. The highest BCUT2D eigenvalue weighted by molar-refractivity contribution is 5.46. The minimum Gasteiger partial charge on any atom is -0.399 e. The molecule has 0 aliphatic heterocycles. The summed E-state index contributed by atoms with van der Waals surface area (Å²) in [5, 5.41) is 3.92. The number of halogens is 3. The monoisotopic (exact) mass is 283 g/mol. The van der Waals surface area contributed by atoms with Crippen molar-refractivity contribution in [2.24, 2.45) is 0 Å². The Morgan fingerprint density at radius 3 is 2.60 bits per heavy atom. The van der Waals surface area contributed by atoms with Crippen molar-refractivity contribution in [3.8, 4) is 0 Å². The number of anilines is 1. The topological polar surface area (TPSA) is 60.9 Å². The molecule has 0 atom stereocenters. The van der Waals surface area contributed by atoms with Crippen molar-refractivity contribution < 1.29 is 13.2 Å². The summed E-state index contributed by atoms with van der Waals surface area (Å²) >= 11 is 0. The Labute approximate surface area is 112 Å². The van der Waals surface area contributed by atoms with E-state index in [1.54, 1.807) is 6.92 Å². The quantitative estimate of drug-likeness (QED) is 0.859. The number of alkyl halides is 3. The zero-order chi connectivity index (χ0) is 14.9. The molecule has 1 aromatic carbocycles. The van der Waals surface area contributed by atoms with Crippen LogP contribution in [0.25, 0.3) is 0 Å². The van der Waals surface area contributed by atoms with E-state index in [4.69, 9.17) is 5.73 Å². The van der Waals surface area contributed by atoms with Gasteiger partial charge in [-0.1, -0.05) is 6.07 Å². The van der Waals surface area contributed by atoms with Gasteiger partial charge in [-0.25, -0.2) is 4.68 Å². The van der Waals surface area contributed by atoms with Crippen LogP contribution in [0.2, 0.25) is 0 Å². The molecule has 106 valence electrons. The van der Waals surface area contributed by atoms with E-state index in [0.717, 1.165) is 10.7 Å². The molecule has 0 radical (unpaired) electrons. The zero-order valence-electron chi connectivity index (χ0n) is 10.6. The second-order valence-electron chi connectivity index (χ2n) is 4.38. The lowest BCUT2D eigenvalue weighted by Crippen LogP contribution is -2.24. The number of hydrogen-bond acceptors (Lipinski definition) is 3. The minimum atomic E-state index is -4.53. The maximum atomic E-state index is 12.9. The van der Waals surface area contributed by atoms with E-state index in [0.29, 0.717) is 5.69 Å². The van der Waals surface area contributed by atoms with Crippen LogP contribution in [0.3, 0.4) is 0 Å². The molecule has 2 N–H and O–H groups in total. The van der Waals surface area contributed by atoms with Crippen LogP contribution < -0.4 is 11.3 Å². The van der Waals surface area contributed by atoms with Crippen LogP contribution in [-0.2, 0) is 12.7 Å². The Morgan fingerprint density at radius 1 is 1.25 bits per heavy atom. The predicted octanol–water partition coefficient (Wildman–Crippen LogP) is 2.20. The van der Waals surface area contributed by atoms with Crippen LogP contribution in [-0.4, -0.2) is 9.78 Å². The van der Waals surface area contributed by atoms with Crippen molar-refractivity contribution in [2.45, 2.75) is 19.6 Å². The molecular formula is C13H12F3N3O. The van der Waals surface area contributed by atoms with Crippen molar-refractivity contribution >= 4 is 5.69 Å². The maximum absolute atomic E-state index is 12.9. The summed E-state index contributed by atoms with van der Waals surface area (Å²) in [5.74, 6) is 0. The summed E-state index contributed by atoms with van der Waals surface area (Å²) in [5.41, 5.74) is 4.60. The van der Waals surface area contributed by atoms with Gasteiger partial charge in [0.1, 0.15) is 0 Å². The molecule has 2 rings (SSSR count). The highest BCUT2D eigenvalue weighted by atomic mass is 19.4. The maximum Gasteiger partial charge on any atom is 0.416 e. The van der Waals surface area contributed by atoms with Gasteiger partial charge in [0.15, 0.2) is 0 Å². The van der Waals surface area contributed by atoms with Gasteiger partial charge in [-0.3, -0.25) is 4.79 Å². The summed E-state index contributed by atoms with van der Waals surface area (Å²) in [6.07, 6.45) is -4.53. The van der Waals surface area contributed by atoms with Gasteiger partial charge in [0.2, 0.25) is 0 Å². The Kier molecular flexibility index (Phi) is 3.52. The van der Waals surface area contributed by atoms with E-state index >= 15 is 0 Å². The summed E-state index contributed by atoms with van der Waals surface area (Å²) in [6.45, 7) is 1.40. The molecule has 0 amide bonds. The van der Waals surface area contributed by atoms with Gasteiger partial charge in [0.05, 0.1) is 17.8 Å². The molecule has 0 aliphatic carbocycles. The van der Waals surface area contributed by atoms with Crippen molar-refractivity contribution in [1.82, 2.24) is 9.78 Å². The molecule has 0 saturated heterocycles. The summed E-state index contributed by atoms with van der Waals surface area (Å²) in [7, 11) is 0. The fourth-order valence-corrected chi connectivity index (χ4v) is 1.82.